The molecule has 0 spiro atoms. The Bertz CT molecular complexity index is 887. The van der Waals surface area contributed by atoms with Gasteiger partial charge in [0.25, 0.3) is 0 Å². The van der Waals surface area contributed by atoms with Gasteiger partial charge in [0.2, 0.25) is 11.8 Å². The van der Waals surface area contributed by atoms with Crippen molar-refractivity contribution >= 4 is 23.2 Å². The first-order chi connectivity index (χ1) is 15.6. The molecule has 1 aromatic heterocycles. The van der Waals surface area contributed by atoms with Crippen LogP contribution in [-0.4, -0.2) is 77.3 Å². The van der Waals surface area contributed by atoms with Crippen LogP contribution in [0.3, 0.4) is 0 Å². The van der Waals surface area contributed by atoms with Crippen molar-refractivity contribution in [2.24, 2.45) is 5.92 Å². The van der Waals surface area contributed by atoms with E-state index in [4.69, 9.17) is 0 Å². The van der Waals surface area contributed by atoms with Gasteiger partial charge in [0.15, 0.2) is 0 Å². The van der Waals surface area contributed by atoms with Crippen LogP contribution in [-0.2, 0) is 22.7 Å². The van der Waals surface area contributed by atoms with Gasteiger partial charge in [-0.25, -0.2) is 4.98 Å². The Labute approximate surface area is 194 Å². The minimum absolute atomic E-state index is 0.0382. The monoisotopic (exact) mass is 455 g/mol. The Balaban J connectivity index is 1.14. The summed E-state index contributed by atoms with van der Waals surface area (Å²) in [6.45, 7) is 8.71. The predicted molar refractivity (Wildman–Crippen MR) is 126 cm³/mol. The number of piperazine rings is 1. The van der Waals surface area contributed by atoms with E-state index in [0.29, 0.717) is 32.1 Å². The molecule has 0 bridgehead atoms. The molecule has 172 valence electrons. The largest absolute Gasteiger partial charge is 0.351 e. The Morgan fingerprint density at radius 3 is 2.41 bits per heavy atom. The van der Waals surface area contributed by atoms with E-state index >= 15 is 0 Å². The molecule has 2 amide bonds. The zero-order valence-corrected chi connectivity index (χ0v) is 19.6. The number of nitrogens with one attached hydrogen (secondary N) is 1. The maximum absolute atomic E-state index is 13.0. The summed E-state index contributed by atoms with van der Waals surface area (Å²) < 4.78 is 0. The van der Waals surface area contributed by atoms with Crippen LogP contribution in [0.4, 0.5) is 0 Å². The van der Waals surface area contributed by atoms with Crippen molar-refractivity contribution in [1.29, 1.82) is 0 Å². The quantitative estimate of drug-likeness (QED) is 0.693. The van der Waals surface area contributed by atoms with Gasteiger partial charge in [0, 0.05) is 50.6 Å². The van der Waals surface area contributed by atoms with Crippen molar-refractivity contribution in [3.8, 4) is 0 Å². The van der Waals surface area contributed by atoms with E-state index in [2.05, 4.69) is 25.5 Å². The fourth-order valence-electron chi connectivity index (χ4n) is 4.49. The summed E-state index contributed by atoms with van der Waals surface area (Å²) in [6, 6.07) is 9.94. The van der Waals surface area contributed by atoms with Crippen LogP contribution >= 0.6 is 11.3 Å². The highest BCUT2D eigenvalue weighted by molar-refractivity contribution is 7.09. The van der Waals surface area contributed by atoms with Crippen molar-refractivity contribution in [1.82, 2.24) is 25.0 Å². The molecular weight excluding hydrogens is 422 g/mol. The second-order valence-corrected chi connectivity index (χ2v) is 9.83. The SMILES string of the molecule is Cc1nc(CN2CCC(C(=O)N3CCN(CC(=O)NCc4ccccc4)CC3)CC2)cs1. The van der Waals surface area contributed by atoms with E-state index in [1.54, 1.807) is 11.3 Å². The molecule has 1 N–H and O–H groups in total. The van der Waals surface area contributed by atoms with Gasteiger partial charge in [0.05, 0.1) is 17.2 Å². The Kier molecular flexibility index (Phi) is 7.89. The molecule has 7 nitrogen and oxygen atoms in total. The fraction of sp³-hybridized carbons (Fsp3) is 0.542. The summed E-state index contributed by atoms with van der Waals surface area (Å²) in [7, 11) is 0. The number of rotatable bonds is 7. The number of nitrogens with zero attached hydrogens (tertiary/aromatic N) is 4. The molecule has 4 rings (SSSR count). The van der Waals surface area contributed by atoms with Crippen LogP contribution in [0.2, 0.25) is 0 Å². The molecule has 2 aliphatic heterocycles. The summed E-state index contributed by atoms with van der Waals surface area (Å²) in [5, 5.41) is 6.23. The van der Waals surface area contributed by atoms with E-state index in [0.717, 1.165) is 61.8 Å². The van der Waals surface area contributed by atoms with Crippen LogP contribution in [0.5, 0.6) is 0 Å². The van der Waals surface area contributed by atoms with Crippen LogP contribution in [0.25, 0.3) is 0 Å². The molecule has 1 aromatic carbocycles. The zero-order valence-electron chi connectivity index (χ0n) is 18.8. The molecule has 8 heteroatoms. The number of benzene rings is 1. The van der Waals surface area contributed by atoms with E-state index in [1.807, 2.05) is 42.2 Å². The standard InChI is InChI=1S/C24H33N5O2S/c1-19-26-22(18-32-19)16-27-9-7-21(8-10-27)24(31)29-13-11-28(12-14-29)17-23(30)25-15-20-5-3-2-4-6-20/h2-6,18,21H,7-17H2,1H3,(H,25,30). The van der Waals surface area contributed by atoms with Gasteiger partial charge in [0.1, 0.15) is 0 Å². The topological polar surface area (TPSA) is 68.8 Å². The summed E-state index contributed by atoms with van der Waals surface area (Å²) in [5.41, 5.74) is 2.24. The van der Waals surface area contributed by atoms with Gasteiger partial charge in [-0.15, -0.1) is 11.3 Å². The van der Waals surface area contributed by atoms with E-state index in [1.165, 1.54) is 0 Å². The molecule has 32 heavy (non-hydrogen) atoms. The number of likely N-dealkylation sites (tertiary alicyclic amines) is 1. The molecule has 0 atom stereocenters. The van der Waals surface area contributed by atoms with Crippen molar-refractivity contribution in [3.05, 3.63) is 52.0 Å². The number of carbonyl (C=O) groups excluding carboxylic acids is 2. The third kappa shape index (κ3) is 6.37. The molecule has 0 radical (unpaired) electrons. The molecule has 0 saturated carbocycles. The summed E-state index contributed by atoms with van der Waals surface area (Å²) in [6.07, 6.45) is 1.84. The van der Waals surface area contributed by atoms with Crippen LogP contribution < -0.4 is 5.32 Å². The van der Waals surface area contributed by atoms with Crippen molar-refractivity contribution in [2.45, 2.75) is 32.9 Å². The van der Waals surface area contributed by atoms with E-state index in [-0.39, 0.29) is 11.8 Å². The fourth-order valence-corrected chi connectivity index (χ4v) is 5.09. The van der Waals surface area contributed by atoms with Gasteiger partial charge in [-0.2, -0.15) is 0 Å². The molecule has 2 aliphatic rings. The maximum atomic E-state index is 13.0. The van der Waals surface area contributed by atoms with Crippen LogP contribution in [0.1, 0.15) is 29.1 Å². The average Bonchev–Trinajstić information content (AvgIpc) is 3.23. The van der Waals surface area contributed by atoms with Crippen molar-refractivity contribution in [2.75, 3.05) is 45.8 Å². The maximum Gasteiger partial charge on any atom is 0.234 e. The lowest BCUT2D eigenvalue weighted by Gasteiger charge is -2.38. The lowest BCUT2D eigenvalue weighted by atomic mass is 9.95. The third-order valence-electron chi connectivity index (χ3n) is 6.37. The second kappa shape index (κ2) is 11.0. The highest BCUT2D eigenvalue weighted by Gasteiger charge is 2.30. The highest BCUT2D eigenvalue weighted by atomic mass is 32.1. The third-order valence-corrected chi connectivity index (χ3v) is 7.20. The smallest absolute Gasteiger partial charge is 0.234 e. The number of carbonyl (C=O) groups is 2. The Hall–Kier alpha value is -2.29. The minimum Gasteiger partial charge on any atom is -0.351 e. The summed E-state index contributed by atoms with van der Waals surface area (Å²) in [4.78, 5) is 36.4. The van der Waals surface area contributed by atoms with Crippen molar-refractivity contribution < 1.29 is 9.59 Å². The number of aryl methyl sites for hydroxylation is 1. The van der Waals surface area contributed by atoms with Crippen LogP contribution in [0.15, 0.2) is 35.7 Å². The number of hydrogen-bond donors (Lipinski definition) is 1. The zero-order chi connectivity index (χ0) is 22.3. The first kappa shape index (κ1) is 22.9. The molecule has 0 aliphatic carbocycles. The van der Waals surface area contributed by atoms with Crippen LogP contribution in [0, 0.1) is 12.8 Å². The second-order valence-electron chi connectivity index (χ2n) is 8.77. The number of piperidine rings is 1. The van der Waals surface area contributed by atoms with E-state index in [9.17, 15) is 9.59 Å². The van der Waals surface area contributed by atoms with Gasteiger partial charge in [-0.05, 0) is 38.4 Å². The van der Waals surface area contributed by atoms with Crippen molar-refractivity contribution in [3.63, 3.8) is 0 Å². The van der Waals surface area contributed by atoms with Gasteiger partial charge in [-0.1, -0.05) is 30.3 Å². The Morgan fingerprint density at radius 2 is 1.75 bits per heavy atom. The molecule has 2 saturated heterocycles. The first-order valence-electron chi connectivity index (χ1n) is 11.5. The summed E-state index contributed by atoms with van der Waals surface area (Å²) >= 11 is 1.69. The van der Waals surface area contributed by atoms with Gasteiger partial charge >= 0.3 is 0 Å². The number of aromatic nitrogens is 1. The molecule has 2 aromatic rings. The molecule has 2 fully saturated rings. The lowest BCUT2D eigenvalue weighted by molar-refractivity contribution is -0.139. The Morgan fingerprint density at radius 1 is 1.03 bits per heavy atom. The van der Waals surface area contributed by atoms with Gasteiger partial charge in [-0.3, -0.25) is 19.4 Å². The number of hydrogen-bond acceptors (Lipinski definition) is 6. The van der Waals surface area contributed by atoms with E-state index < -0.39 is 0 Å². The van der Waals surface area contributed by atoms with Gasteiger partial charge < -0.3 is 10.2 Å². The summed E-state index contributed by atoms with van der Waals surface area (Å²) in [5.74, 6) is 0.461. The highest BCUT2D eigenvalue weighted by Crippen LogP contribution is 2.22. The minimum atomic E-state index is 0.0382. The average molecular weight is 456 g/mol. The lowest BCUT2D eigenvalue weighted by Crippen LogP contribution is -2.53. The predicted octanol–water partition coefficient (Wildman–Crippen LogP) is 2.12. The molecule has 3 heterocycles. The molecule has 0 unspecified atom stereocenters. The molecular formula is C24H33N5O2S. The normalized spacial score (nSPS) is 18.6. The first-order valence-corrected chi connectivity index (χ1v) is 12.4. The number of thiazole rings is 1. The number of amides is 2.